The molecule has 1 aliphatic rings. The minimum absolute atomic E-state index is 0.296. The van der Waals surface area contributed by atoms with Gasteiger partial charge >= 0.3 is 0 Å². The Morgan fingerprint density at radius 1 is 0.600 bits per heavy atom. The first-order chi connectivity index (χ1) is 12.3. The third-order valence-electron chi connectivity index (χ3n) is 4.79. The van der Waals surface area contributed by atoms with Crippen molar-refractivity contribution < 1.29 is 4.79 Å². The summed E-state index contributed by atoms with van der Waals surface area (Å²) in [6.07, 6.45) is 3.66. The molecule has 2 heteroatoms. The lowest BCUT2D eigenvalue weighted by Gasteiger charge is -2.27. The van der Waals surface area contributed by atoms with Crippen LogP contribution in [0.5, 0.6) is 0 Å². The number of ketones is 1. The highest BCUT2D eigenvalue weighted by Gasteiger charge is 2.52. The second kappa shape index (κ2) is 6.78. The Kier molecular flexibility index (Phi) is 4.34. The molecule has 0 spiro atoms. The highest BCUT2D eigenvalue weighted by molar-refractivity contribution is 7.99. The van der Waals surface area contributed by atoms with Gasteiger partial charge in [0.05, 0.1) is 0 Å². The molecule has 0 heterocycles. The van der Waals surface area contributed by atoms with Crippen LogP contribution in [-0.2, 0) is 4.79 Å². The molecule has 0 aromatic heterocycles. The molecule has 1 aliphatic carbocycles. The molecule has 0 saturated carbocycles. The third-order valence-corrected chi connectivity index (χ3v) is 9.16. The van der Waals surface area contributed by atoms with Crippen molar-refractivity contribution in [2.75, 3.05) is 0 Å². The first-order valence-electron chi connectivity index (χ1n) is 8.63. The number of benzene rings is 3. The molecule has 0 radical (unpaired) electrons. The van der Waals surface area contributed by atoms with Crippen molar-refractivity contribution in [3.8, 4) is 0 Å². The predicted octanol–water partition coefficient (Wildman–Crippen LogP) is 4.23. The van der Waals surface area contributed by atoms with Crippen LogP contribution in [0.25, 0.3) is 0 Å². The van der Waals surface area contributed by atoms with Crippen LogP contribution in [0, 0.1) is 0 Å². The van der Waals surface area contributed by atoms with Gasteiger partial charge in [0.25, 0.3) is 0 Å². The summed E-state index contributed by atoms with van der Waals surface area (Å²) < 4.78 is 0. The number of allylic oxidation sites excluding steroid dienone is 2. The van der Waals surface area contributed by atoms with Gasteiger partial charge in [-0.2, -0.15) is 0 Å². The van der Waals surface area contributed by atoms with E-state index in [1.54, 1.807) is 0 Å². The van der Waals surface area contributed by atoms with Crippen LogP contribution in [0.2, 0.25) is 0 Å². The number of hydrogen-bond donors (Lipinski definition) is 0. The van der Waals surface area contributed by atoms with Gasteiger partial charge in [-0.15, -0.1) is 0 Å². The van der Waals surface area contributed by atoms with Crippen LogP contribution >= 0.6 is 7.26 Å². The van der Waals surface area contributed by atoms with Crippen LogP contribution in [-0.4, -0.2) is 5.78 Å². The summed E-state index contributed by atoms with van der Waals surface area (Å²) >= 11 is 0. The Morgan fingerprint density at radius 3 is 1.32 bits per heavy atom. The fourth-order valence-electron chi connectivity index (χ4n) is 3.73. The molecule has 0 unspecified atom stereocenters. The van der Waals surface area contributed by atoms with E-state index in [2.05, 4.69) is 78.9 Å². The maximum absolute atomic E-state index is 12.9. The quantitative estimate of drug-likeness (QED) is 0.648. The van der Waals surface area contributed by atoms with Crippen molar-refractivity contribution in [3.05, 3.63) is 102 Å². The second-order valence-electron chi connectivity index (χ2n) is 6.23. The maximum atomic E-state index is 12.9. The van der Waals surface area contributed by atoms with Crippen molar-refractivity contribution >= 4 is 29.0 Å². The van der Waals surface area contributed by atoms with Crippen molar-refractivity contribution in [1.29, 1.82) is 0 Å². The molecule has 0 N–H and O–H groups in total. The van der Waals surface area contributed by atoms with Crippen LogP contribution in [0.4, 0.5) is 0 Å². The Bertz CT molecular complexity index is 802. The normalized spacial score (nSPS) is 14.4. The fourth-order valence-corrected chi connectivity index (χ4v) is 8.20. The van der Waals surface area contributed by atoms with E-state index in [0.29, 0.717) is 12.2 Å². The monoisotopic (exact) mass is 343 g/mol. The molecule has 0 amide bonds. The molecule has 4 rings (SSSR count). The van der Waals surface area contributed by atoms with Crippen LogP contribution in [0.3, 0.4) is 0 Å². The van der Waals surface area contributed by atoms with E-state index in [9.17, 15) is 4.79 Å². The van der Waals surface area contributed by atoms with Crippen molar-refractivity contribution in [2.45, 2.75) is 12.8 Å². The van der Waals surface area contributed by atoms with Crippen molar-refractivity contribution in [3.63, 3.8) is 0 Å². The lowest BCUT2D eigenvalue weighted by Crippen LogP contribution is -2.33. The maximum Gasteiger partial charge on any atom is 0.198 e. The van der Waals surface area contributed by atoms with E-state index >= 15 is 0 Å². The topological polar surface area (TPSA) is 17.1 Å². The van der Waals surface area contributed by atoms with E-state index in [-0.39, 0.29) is 0 Å². The van der Waals surface area contributed by atoms with Gasteiger partial charge in [-0.1, -0.05) is 54.6 Å². The van der Waals surface area contributed by atoms with E-state index < -0.39 is 7.26 Å². The summed E-state index contributed by atoms with van der Waals surface area (Å²) in [7, 11) is -2.15. The molecule has 0 aliphatic heterocycles. The van der Waals surface area contributed by atoms with E-state index in [4.69, 9.17) is 0 Å². The number of Topliss-reactive ketones (excluding diaryl/α,β-unsaturated/α-hetero) is 1. The molecule has 3 aromatic carbocycles. The fraction of sp³-hybridized carbons (Fsp3) is 0.0870. The standard InChI is InChI=1S/C23H20OP/c24-22-17-10-18-23(22)25(19-11-4-1-5-12-19,20-13-6-2-7-14-20)21-15-8-3-9-16-21/h1-9,11-16,18H,10,17H2/q+1. The highest BCUT2D eigenvalue weighted by Crippen LogP contribution is 2.64. The summed E-state index contributed by atoms with van der Waals surface area (Å²) in [5.74, 6) is 0.296. The Balaban J connectivity index is 2.11. The van der Waals surface area contributed by atoms with Crippen LogP contribution in [0.1, 0.15) is 12.8 Å². The summed E-state index contributed by atoms with van der Waals surface area (Å²) in [6, 6.07) is 31.7. The lowest BCUT2D eigenvalue weighted by molar-refractivity contribution is -0.114. The van der Waals surface area contributed by atoms with E-state index in [1.165, 1.54) is 15.9 Å². The van der Waals surface area contributed by atoms with Crippen molar-refractivity contribution in [1.82, 2.24) is 0 Å². The number of carbonyl (C=O) groups excluding carboxylic acids is 1. The largest absolute Gasteiger partial charge is 0.290 e. The van der Waals surface area contributed by atoms with Gasteiger partial charge in [-0.05, 0) is 48.9 Å². The van der Waals surface area contributed by atoms with Gasteiger partial charge in [-0.25, -0.2) is 0 Å². The van der Waals surface area contributed by atoms with Crippen molar-refractivity contribution in [2.24, 2.45) is 0 Å². The molecule has 0 atom stereocenters. The summed E-state index contributed by atoms with van der Waals surface area (Å²) in [4.78, 5) is 12.9. The van der Waals surface area contributed by atoms with Gasteiger partial charge < -0.3 is 0 Å². The molecule has 25 heavy (non-hydrogen) atoms. The van der Waals surface area contributed by atoms with Gasteiger partial charge in [-0.3, -0.25) is 4.79 Å². The minimum Gasteiger partial charge on any atom is -0.290 e. The molecule has 0 saturated heterocycles. The molecule has 122 valence electrons. The molecule has 3 aromatic rings. The molecule has 0 fully saturated rings. The molecule has 0 bridgehead atoms. The zero-order chi connectivity index (χ0) is 17.1. The van der Waals surface area contributed by atoms with Gasteiger partial charge in [0.15, 0.2) is 5.78 Å². The van der Waals surface area contributed by atoms with E-state index in [1.807, 2.05) is 18.2 Å². The zero-order valence-corrected chi connectivity index (χ0v) is 14.9. The summed E-state index contributed by atoms with van der Waals surface area (Å²) in [5.41, 5.74) is 0. The Hall–Kier alpha value is -2.50. The summed E-state index contributed by atoms with van der Waals surface area (Å²) in [6.45, 7) is 0. The van der Waals surface area contributed by atoms with Crippen LogP contribution in [0.15, 0.2) is 102 Å². The zero-order valence-electron chi connectivity index (χ0n) is 14.0. The van der Waals surface area contributed by atoms with E-state index in [0.717, 1.165) is 11.7 Å². The Morgan fingerprint density at radius 2 is 1.00 bits per heavy atom. The molecular weight excluding hydrogens is 323 g/mol. The SMILES string of the molecule is O=C1CCC=C1[P+](c1ccccc1)(c1ccccc1)c1ccccc1. The number of hydrogen-bond acceptors (Lipinski definition) is 1. The lowest BCUT2D eigenvalue weighted by atomic mass is 10.3. The van der Waals surface area contributed by atoms with Gasteiger partial charge in [0, 0.05) is 6.42 Å². The molecule has 1 nitrogen and oxygen atoms in total. The highest BCUT2D eigenvalue weighted by atomic mass is 31.2. The predicted molar refractivity (Wildman–Crippen MR) is 107 cm³/mol. The average molecular weight is 343 g/mol. The minimum atomic E-state index is -2.15. The van der Waals surface area contributed by atoms with Gasteiger partial charge in [0.2, 0.25) is 0 Å². The van der Waals surface area contributed by atoms with Gasteiger partial charge in [0.1, 0.15) is 28.5 Å². The average Bonchev–Trinajstić information content (AvgIpc) is 3.12. The second-order valence-corrected chi connectivity index (χ2v) is 9.60. The first-order valence-corrected chi connectivity index (χ1v) is 10.4. The first kappa shape index (κ1) is 16.0. The summed E-state index contributed by atoms with van der Waals surface area (Å²) in [5, 5.41) is 4.74. The Labute approximate surface area is 149 Å². The smallest absolute Gasteiger partial charge is 0.198 e. The number of carbonyl (C=O) groups is 1. The number of rotatable bonds is 4. The third kappa shape index (κ3) is 2.65. The van der Waals surface area contributed by atoms with Crippen LogP contribution < -0.4 is 15.9 Å². The molecular formula is C23H20OP+.